The smallest absolute Gasteiger partial charge is 0.222 e. The highest BCUT2D eigenvalue weighted by molar-refractivity contribution is 6.30. The van der Waals surface area contributed by atoms with E-state index in [1.54, 1.807) is 0 Å². The van der Waals surface area contributed by atoms with E-state index in [0.29, 0.717) is 17.4 Å². The minimum atomic E-state index is 0.280. The zero-order valence-corrected chi connectivity index (χ0v) is 14.5. The van der Waals surface area contributed by atoms with Crippen molar-refractivity contribution >= 4 is 23.2 Å². The second kappa shape index (κ2) is 6.89. The number of amides is 1. The van der Waals surface area contributed by atoms with Crippen molar-refractivity contribution in [3.8, 4) is 0 Å². The number of pyridine rings is 1. The second-order valence-corrected chi connectivity index (χ2v) is 7.04. The molecule has 23 heavy (non-hydrogen) atoms. The first-order valence-corrected chi connectivity index (χ1v) is 8.52. The Morgan fingerprint density at radius 2 is 1.96 bits per heavy atom. The summed E-state index contributed by atoms with van der Waals surface area (Å²) in [5.41, 5.74) is 1.95. The van der Waals surface area contributed by atoms with E-state index in [4.69, 9.17) is 11.6 Å². The van der Waals surface area contributed by atoms with Crippen LogP contribution < -0.4 is 0 Å². The topological polar surface area (TPSA) is 40.9 Å². The van der Waals surface area contributed by atoms with Gasteiger partial charge in [0.05, 0.1) is 10.7 Å². The molecule has 0 aromatic carbocycles. The van der Waals surface area contributed by atoms with Gasteiger partial charge in [0, 0.05) is 51.5 Å². The number of rotatable bonds is 4. The Bertz CT molecular complexity index is 689. The summed E-state index contributed by atoms with van der Waals surface area (Å²) in [7, 11) is 0. The molecule has 5 nitrogen and oxygen atoms in total. The van der Waals surface area contributed by atoms with Crippen LogP contribution in [0.3, 0.4) is 0 Å². The number of carbonyl (C=O) groups excluding carboxylic acids is 1. The van der Waals surface area contributed by atoms with Crippen molar-refractivity contribution in [2.75, 3.05) is 26.2 Å². The van der Waals surface area contributed by atoms with Crippen molar-refractivity contribution < 1.29 is 4.79 Å². The summed E-state index contributed by atoms with van der Waals surface area (Å²) in [6.45, 7) is 8.41. The monoisotopic (exact) mass is 334 g/mol. The molecule has 0 spiro atoms. The number of hydrogen-bond acceptors (Lipinski definition) is 3. The van der Waals surface area contributed by atoms with Crippen LogP contribution in [0.4, 0.5) is 0 Å². The van der Waals surface area contributed by atoms with Crippen molar-refractivity contribution in [1.29, 1.82) is 0 Å². The van der Waals surface area contributed by atoms with Gasteiger partial charge >= 0.3 is 0 Å². The summed E-state index contributed by atoms with van der Waals surface area (Å²) in [5, 5.41) is 0.707. The number of hydrogen-bond donors (Lipinski definition) is 0. The highest BCUT2D eigenvalue weighted by Gasteiger charge is 2.22. The standard InChI is InChI=1S/C17H23ClN4O/c1-13(2)9-17(23)21-7-5-20(6-8-21)11-15-12-22-10-14(18)3-4-16(22)19-15/h3-4,10,12-13H,5-9,11H2,1-2H3. The Balaban J connectivity index is 1.56. The van der Waals surface area contributed by atoms with E-state index < -0.39 is 0 Å². The SMILES string of the molecule is CC(C)CC(=O)N1CCN(Cc2cn3cc(Cl)ccc3n2)CC1. The summed E-state index contributed by atoms with van der Waals surface area (Å²) in [6.07, 6.45) is 4.54. The molecule has 0 saturated carbocycles. The van der Waals surface area contributed by atoms with Gasteiger partial charge in [-0.25, -0.2) is 4.98 Å². The molecular formula is C17H23ClN4O. The van der Waals surface area contributed by atoms with Gasteiger partial charge in [0.25, 0.3) is 0 Å². The quantitative estimate of drug-likeness (QED) is 0.863. The minimum absolute atomic E-state index is 0.280. The van der Waals surface area contributed by atoms with Crippen LogP contribution in [-0.2, 0) is 11.3 Å². The van der Waals surface area contributed by atoms with E-state index in [9.17, 15) is 4.79 Å². The summed E-state index contributed by atoms with van der Waals surface area (Å²) < 4.78 is 1.96. The van der Waals surface area contributed by atoms with Crippen molar-refractivity contribution in [2.45, 2.75) is 26.8 Å². The van der Waals surface area contributed by atoms with Crippen LogP contribution in [0.1, 0.15) is 26.0 Å². The molecule has 0 unspecified atom stereocenters. The summed E-state index contributed by atoms with van der Waals surface area (Å²) >= 11 is 6.00. The van der Waals surface area contributed by atoms with Gasteiger partial charge in [-0.1, -0.05) is 25.4 Å². The average molecular weight is 335 g/mol. The Morgan fingerprint density at radius 3 is 2.65 bits per heavy atom. The largest absolute Gasteiger partial charge is 0.340 e. The van der Waals surface area contributed by atoms with Crippen LogP contribution in [0.5, 0.6) is 0 Å². The van der Waals surface area contributed by atoms with Gasteiger partial charge in [0.2, 0.25) is 5.91 Å². The summed E-state index contributed by atoms with van der Waals surface area (Å²) in [5.74, 6) is 0.701. The zero-order valence-electron chi connectivity index (χ0n) is 13.7. The molecule has 6 heteroatoms. The van der Waals surface area contributed by atoms with Gasteiger partial charge in [-0.05, 0) is 18.1 Å². The molecule has 124 valence electrons. The van der Waals surface area contributed by atoms with Crippen LogP contribution in [0.15, 0.2) is 24.5 Å². The minimum Gasteiger partial charge on any atom is -0.340 e. The zero-order chi connectivity index (χ0) is 16.4. The third-order valence-electron chi connectivity index (χ3n) is 4.16. The van der Waals surface area contributed by atoms with Crippen molar-refractivity contribution in [2.24, 2.45) is 5.92 Å². The Labute approximate surface area is 141 Å². The van der Waals surface area contributed by atoms with Crippen molar-refractivity contribution in [3.63, 3.8) is 0 Å². The Morgan fingerprint density at radius 1 is 1.22 bits per heavy atom. The molecule has 1 saturated heterocycles. The molecule has 1 aliphatic rings. The highest BCUT2D eigenvalue weighted by atomic mass is 35.5. The maximum atomic E-state index is 12.1. The molecule has 2 aromatic heterocycles. The molecular weight excluding hydrogens is 312 g/mol. The van der Waals surface area contributed by atoms with E-state index in [2.05, 4.69) is 23.7 Å². The number of piperazine rings is 1. The molecule has 1 aliphatic heterocycles. The number of nitrogens with zero attached hydrogens (tertiary/aromatic N) is 4. The number of halogens is 1. The van der Waals surface area contributed by atoms with E-state index in [1.807, 2.05) is 33.8 Å². The lowest BCUT2D eigenvalue weighted by Crippen LogP contribution is -2.48. The van der Waals surface area contributed by atoms with Crippen LogP contribution in [-0.4, -0.2) is 51.3 Å². The van der Waals surface area contributed by atoms with Crippen LogP contribution in [0.25, 0.3) is 5.65 Å². The lowest BCUT2D eigenvalue weighted by Gasteiger charge is -2.34. The van der Waals surface area contributed by atoms with E-state index in [-0.39, 0.29) is 5.91 Å². The van der Waals surface area contributed by atoms with E-state index in [1.165, 1.54) is 0 Å². The Kier molecular flexibility index (Phi) is 4.87. The second-order valence-electron chi connectivity index (χ2n) is 6.60. The summed E-state index contributed by atoms with van der Waals surface area (Å²) in [4.78, 5) is 21.1. The molecule has 3 heterocycles. The number of carbonyl (C=O) groups is 1. The average Bonchev–Trinajstić information content (AvgIpc) is 2.88. The van der Waals surface area contributed by atoms with E-state index in [0.717, 1.165) is 44.1 Å². The third kappa shape index (κ3) is 4.03. The van der Waals surface area contributed by atoms with Gasteiger partial charge in [-0.3, -0.25) is 9.69 Å². The third-order valence-corrected chi connectivity index (χ3v) is 4.38. The molecule has 0 N–H and O–H groups in total. The van der Waals surface area contributed by atoms with Crippen LogP contribution in [0.2, 0.25) is 5.02 Å². The Hall–Kier alpha value is -1.59. The highest BCUT2D eigenvalue weighted by Crippen LogP contribution is 2.14. The predicted octanol–water partition coefficient (Wildman–Crippen LogP) is 2.68. The molecule has 0 bridgehead atoms. The van der Waals surface area contributed by atoms with Gasteiger partial charge in [-0.15, -0.1) is 0 Å². The summed E-state index contributed by atoms with van der Waals surface area (Å²) in [6, 6.07) is 3.78. The van der Waals surface area contributed by atoms with Crippen LogP contribution >= 0.6 is 11.6 Å². The maximum absolute atomic E-state index is 12.1. The molecule has 1 amide bonds. The van der Waals surface area contributed by atoms with Crippen LogP contribution in [0, 0.1) is 5.92 Å². The van der Waals surface area contributed by atoms with E-state index >= 15 is 0 Å². The number of fused-ring (bicyclic) bond motifs is 1. The first kappa shape index (κ1) is 16.3. The first-order valence-electron chi connectivity index (χ1n) is 8.14. The molecule has 0 atom stereocenters. The van der Waals surface area contributed by atoms with Gasteiger partial charge in [0.1, 0.15) is 5.65 Å². The molecule has 2 aromatic rings. The maximum Gasteiger partial charge on any atom is 0.222 e. The molecule has 1 fully saturated rings. The van der Waals surface area contributed by atoms with Crippen molar-refractivity contribution in [1.82, 2.24) is 19.2 Å². The van der Waals surface area contributed by atoms with Gasteiger partial charge < -0.3 is 9.30 Å². The fraction of sp³-hybridized carbons (Fsp3) is 0.529. The molecule has 0 radical (unpaired) electrons. The lowest BCUT2D eigenvalue weighted by molar-refractivity contribution is -0.133. The normalized spacial score (nSPS) is 16.4. The van der Waals surface area contributed by atoms with Gasteiger partial charge in [-0.2, -0.15) is 0 Å². The van der Waals surface area contributed by atoms with Crippen molar-refractivity contribution in [3.05, 3.63) is 35.2 Å². The molecule has 0 aliphatic carbocycles. The molecule has 3 rings (SSSR count). The lowest BCUT2D eigenvalue weighted by atomic mass is 10.1. The predicted molar refractivity (Wildman–Crippen MR) is 91.5 cm³/mol. The number of aromatic nitrogens is 2. The first-order chi connectivity index (χ1) is 11.0. The van der Waals surface area contributed by atoms with Gasteiger partial charge in [0.15, 0.2) is 0 Å². The fourth-order valence-corrected chi connectivity index (χ4v) is 3.12. The fourth-order valence-electron chi connectivity index (χ4n) is 2.96. The number of imidazole rings is 1.